The Hall–Kier alpha value is -2.66. The molecule has 116 valence electrons. The molecule has 3 aromatic rings. The maximum Gasteiger partial charge on any atom is 0.221 e. The van der Waals surface area contributed by atoms with Crippen LogP contribution in [0.4, 0.5) is 0 Å². The molecule has 0 atom stereocenters. The first kappa shape index (κ1) is 15.2. The van der Waals surface area contributed by atoms with E-state index in [1.54, 1.807) is 18.4 Å². The molecule has 5 heteroatoms. The molecule has 0 unspecified atom stereocenters. The molecule has 2 aromatic carbocycles. The van der Waals surface area contributed by atoms with Gasteiger partial charge in [0.25, 0.3) is 0 Å². The van der Waals surface area contributed by atoms with E-state index < -0.39 is 0 Å². The first-order chi connectivity index (χ1) is 11.2. The van der Waals surface area contributed by atoms with Gasteiger partial charge in [-0.2, -0.15) is 0 Å². The van der Waals surface area contributed by atoms with Crippen LogP contribution in [0.3, 0.4) is 0 Å². The lowest BCUT2D eigenvalue weighted by Gasteiger charge is -2.03. The lowest BCUT2D eigenvalue weighted by molar-refractivity contribution is -0.117. The number of carbonyl (C=O) groups is 1. The van der Waals surface area contributed by atoms with Gasteiger partial charge in [-0.15, -0.1) is 11.3 Å². The first-order valence-corrected chi connectivity index (χ1v) is 7.96. The summed E-state index contributed by atoms with van der Waals surface area (Å²) in [5.41, 5.74) is 8.13. The molecule has 0 aliphatic heterocycles. The molecule has 0 aliphatic carbocycles. The summed E-state index contributed by atoms with van der Waals surface area (Å²) in [7, 11) is 1.63. The number of nitrogens with zero attached hydrogens (tertiary/aromatic N) is 1. The molecule has 2 N–H and O–H groups in total. The summed E-state index contributed by atoms with van der Waals surface area (Å²) in [5.74, 6) is 0.419. The van der Waals surface area contributed by atoms with Crippen LogP contribution in [-0.4, -0.2) is 18.0 Å². The number of thiazole rings is 1. The third-order valence-corrected chi connectivity index (χ3v) is 4.50. The number of amides is 1. The van der Waals surface area contributed by atoms with Crippen molar-refractivity contribution < 1.29 is 9.53 Å². The van der Waals surface area contributed by atoms with E-state index in [-0.39, 0.29) is 12.3 Å². The molecule has 23 heavy (non-hydrogen) atoms. The summed E-state index contributed by atoms with van der Waals surface area (Å²) < 4.78 is 6.25. The van der Waals surface area contributed by atoms with Gasteiger partial charge in [0.05, 0.1) is 23.7 Å². The molecule has 1 heterocycles. The second-order valence-corrected chi connectivity index (χ2v) is 6.10. The van der Waals surface area contributed by atoms with Crippen molar-refractivity contribution in [3.8, 4) is 5.75 Å². The van der Waals surface area contributed by atoms with Crippen LogP contribution < -0.4 is 10.5 Å². The number of hydrogen-bond donors (Lipinski definition) is 1. The molecule has 0 saturated heterocycles. The third kappa shape index (κ3) is 3.57. The molecule has 0 radical (unpaired) electrons. The second kappa shape index (κ2) is 6.62. The number of primary amides is 1. The van der Waals surface area contributed by atoms with Gasteiger partial charge in [-0.25, -0.2) is 4.98 Å². The van der Waals surface area contributed by atoms with Gasteiger partial charge in [0, 0.05) is 0 Å². The summed E-state index contributed by atoms with van der Waals surface area (Å²) in [5, 5.41) is 0.820. The third-order valence-electron chi connectivity index (χ3n) is 3.39. The van der Waals surface area contributed by atoms with Crippen molar-refractivity contribution in [2.24, 2.45) is 5.73 Å². The molecular weight excluding hydrogens is 308 g/mol. The number of fused-ring (bicyclic) bond motifs is 1. The van der Waals surface area contributed by atoms with Gasteiger partial charge < -0.3 is 10.5 Å². The zero-order valence-corrected chi connectivity index (χ0v) is 13.5. The Balaban J connectivity index is 2.01. The highest BCUT2D eigenvalue weighted by molar-refractivity contribution is 7.19. The number of rotatable bonds is 5. The monoisotopic (exact) mass is 324 g/mol. The number of ether oxygens (including phenoxy) is 1. The maximum atomic E-state index is 11.4. The van der Waals surface area contributed by atoms with Gasteiger partial charge in [-0.3, -0.25) is 4.79 Å². The van der Waals surface area contributed by atoms with Crippen LogP contribution in [0.15, 0.2) is 48.5 Å². The quantitative estimate of drug-likeness (QED) is 0.778. The standard InChI is InChI=1S/C18H16N2O2S/c1-22-14-8-6-12(7-9-14)10-13(11-17(19)21)18-20-15-4-2-3-5-16(15)23-18/h2-10H,11H2,1H3,(H2,19,21)/b13-10+. The predicted molar refractivity (Wildman–Crippen MR) is 94.3 cm³/mol. The van der Waals surface area contributed by atoms with Crippen molar-refractivity contribution in [1.29, 1.82) is 0 Å². The fourth-order valence-corrected chi connectivity index (χ4v) is 3.27. The topological polar surface area (TPSA) is 65.2 Å². The second-order valence-electron chi connectivity index (χ2n) is 5.07. The van der Waals surface area contributed by atoms with Gasteiger partial charge >= 0.3 is 0 Å². The van der Waals surface area contributed by atoms with Crippen molar-refractivity contribution in [3.63, 3.8) is 0 Å². The molecule has 0 bridgehead atoms. The van der Waals surface area contributed by atoms with Crippen molar-refractivity contribution in [3.05, 3.63) is 59.1 Å². The van der Waals surface area contributed by atoms with E-state index in [4.69, 9.17) is 10.5 Å². The van der Waals surface area contributed by atoms with Gasteiger partial charge in [0.15, 0.2) is 0 Å². The molecular formula is C18H16N2O2S. The number of aromatic nitrogens is 1. The average Bonchev–Trinajstić information content (AvgIpc) is 2.98. The van der Waals surface area contributed by atoms with E-state index in [0.29, 0.717) is 0 Å². The Morgan fingerprint density at radius 3 is 2.61 bits per heavy atom. The molecule has 0 aliphatic rings. The Labute approximate surface area is 138 Å². The molecule has 0 spiro atoms. The molecule has 3 rings (SSSR count). The van der Waals surface area contributed by atoms with E-state index in [1.165, 1.54) is 0 Å². The highest BCUT2D eigenvalue weighted by Crippen LogP contribution is 2.30. The summed E-state index contributed by atoms with van der Waals surface area (Å²) in [4.78, 5) is 16.0. The summed E-state index contributed by atoms with van der Waals surface area (Å²) in [6, 6.07) is 15.5. The number of nitrogens with two attached hydrogens (primary N) is 1. The van der Waals surface area contributed by atoms with Crippen molar-refractivity contribution in [2.75, 3.05) is 7.11 Å². The Morgan fingerprint density at radius 2 is 1.96 bits per heavy atom. The zero-order chi connectivity index (χ0) is 16.2. The number of benzene rings is 2. The number of methoxy groups -OCH3 is 1. The minimum atomic E-state index is -0.371. The van der Waals surface area contributed by atoms with Gasteiger partial charge in [0.1, 0.15) is 10.8 Å². The number of para-hydroxylation sites is 1. The summed E-state index contributed by atoms with van der Waals surface area (Å²) in [6.07, 6.45) is 2.10. The largest absolute Gasteiger partial charge is 0.497 e. The van der Waals surface area contributed by atoms with Crippen LogP contribution in [0.5, 0.6) is 5.75 Å². The predicted octanol–water partition coefficient (Wildman–Crippen LogP) is 3.72. The van der Waals surface area contributed by atoms with E-state index in [1.807, 2.05) is 54.6 Å². The van der Waals surface area contributed by atoms with Crippen LogP contribution in [0, 0.1) is 0 Å². The zero-order valence-electron chi connectivity index (χ0n) is 12.7. The SMILES string of the molecule is COc1ccc(/C=C(\CC(N)=O)c2nc3ccccc3s2)cc1. The summed E-state index contributed by atoms with van der Waals surface area (Å²) >= 11 is 1.56. The molecule has 4 nitrogen and oxygen atoms in total. The Bertz CT molecular complexity index is 833. The number of carbonyl (C=O) groups excluding carboxylic acids is 1. The van der Waals surface area contributed by atoms with Gasteiger partial charge in [-0.05, 0) is 41.5 Å². The van der Waals surface area contributed by atoms with E-state index in [2.05, 4.69) is 4.98 Å². The molecule has 1 aromatic heterocycles. The molecule has 0 saturated carbocycles. The average molecular weight is 324 g/mol. The normalized spacial score (nSPS) is 11.6. The Kier molecular flexibility index (Phi) is 4.39. The fraction of sp³-hybridized carbons (Fsp3) is 0.111. The maximum absolute atomic E-state index is 11.4. The number of hydrogen-bond acceptors (Lipinski definition) is 4. The highest BCUT2D eigenvalue weighted by atomic mass is 32.1. The first-order valence-electron chi connectivity index (χ1n) is 7.14. The van der Waals surface area contributed by atoms with E-state index in [0.717, 1.165) is 32.1 Å². The lowest BCUT2D eigenvalue weighted by atomic mass is 10.1. The van der Waals surface area contributed by atoms with Gasteiger partial charge in [0.2, 0.25) is 5.91 Å². The van der Waals surface area contributed by atoms with Crippen LogP contribution in [0.1, 0.15) is 17.0 Å². The van der Waals surface area contributed by atoms with E-state index >= 15 is 0 Å². The fourth-order valence-electron chi connectivity index (χ4n) is 2.29. The van der Waals surface area contributed by atoms with Crippen LogP contribution >= 0.6 is 11.3 Å². The van der Waals surface area contributed by atoms with Crippen LogP contribution in [0.2, 0.25) is 0 Å². The lowest BCUT2D eigenvalue weighted by Crippen LogP contribution is -2.10. The van der Waals surface area contributed by atoms with Crippen LogP contribution in [-0.2, 0) is 4.79 Å². The minimum absolute atomic E-state index is 0.159. The minimum Gasteiger partial charge on any atom is -0.497 e. The Morgan fingerprint density at radius 1 is 1.22 bits per heavy atom. The smallest absolute Gasteiger partial charge is 0.221 e. The summed E-state index contributed by atoms with van der Waals surface area (Å²) in [6.45, 7) is 0. The van der Waals surface area contributed by atoms with Crippen LogP contribution in [0.25, 0.3) is 21.9 Å². The molecule has 1 amide bonds. The van der Waals surface area contributed by atoms with Crippen molar-refractivity contribution in [2.45, 2.75) is 6.42 Å². The van der Waals surface area contributed by atoms with Crippen molar-refractivity contribution in [1.82, 2.24) is 4.98 Å². The molecule has 0 fully saturated rings. The van der Waals surface area contributed by atoms with Crippen molar-refractivity contribution >= 4 is 39.1 Å². The highest BCUT2D eigenvalue weighted by Gasteiger charge is 2.11. The van der Waals surface area contributed by atoms with Gasteiger partial charge in [-0.1, -0.05) is 24.3 Å². The van der Waals surface area contributed by atoms with E-state index in [9.17, 15) is 4.79 Å².